The Labute approximate surface area is 281 Å². The molecule has 0 rings (SSSR count). The molecule has 0 heterocycles. The molecule has 6 atom stereocenters. The number of Topliss-reactive ketones (excluding diaryl/α,β-unsaturated/α-hetero) is 1. The Morgan fingerprint density at radius 1 is 0.723 bits per heavy atom. The van der Waals surface area contributed by atoms with Crippen molar-refractivity contribution in [2.24, 2.45) is 11.7 Å². The lowest BCUT2D eigenvalue weighted by Gasteiger charge is -2.29. The predicted octanol–water partition coefficient (Wildman–Crippen LogP) is -3.98. The first-order valence-electron chi connectivity index (χ1n) is 14.6. The zero-order chi connectivity index (χ0) is 36.3. The molecule has 0 aliphatic rings. The maximum Gasteiger partial charge on any atom is 0.327 e. The highest BCUT2D eigenvalue weighted by molar-refractivity contribution is 7.99. The van der Waals surface area contributed by atoms with Crippen molar-refractivity contribution in [1.82, 2.24) is 31.9 Å². The molecule has 0 aromatic carbocycles. The van der Waals surface area contributed by atoms with Gasteiger partial charge in [0.2, 0.25) is 35.4 Å². The Hall–Kier alpha value is -3.46. The number of carbonyl (C=O) groups excluding carboxylic acids is 7. The summed E-state index contributed by atoms with van der Waals surface area (Å²) in [4.78, 5) is 97.9. The molecule has 0 aromatic rings. The van der Waals surface area contributed by atoms with Crippen LogP contribution in [0, 0.1) is 5.92 Å². The quantitative estimate of drug-likeness (QED) is 0.0358. The van der Waals surface area contributed by atoms with Crippen LogP contribution in [0.4, 0.5) is 0 Å². The van der Waals surface area contributed by atoms with Crippen LogP contribution in [0.25, 0.3) is 0 Å². The van der Waals surface area contributed by atoms with Crippen molar-refractivity contribution >= 4 is 70.7 Å². The topological polar surface area (TPSA) is 295 Å². The summed E-state index contributed by atoms with van der Waals surface area (Å²) >= 11 is 2.21. The van der Waals surface area contributed by atoms with Crippen LogP contribution in [0.2, 0.25) is 0 Å². The summed E-state index contributed by atoms with van der Waals surface area (Å²) in [5.74, 6) is -6.51. The summed E-state index contributed by atoms with van der Waals surface area (Å²) < 4.78 is 0. The highest BCUT2D eigenvalue weighted by Crippen LogP contribution is 2.09. The van der Waals surface area contributed by atoms with Crippen molar-refractivity contribution in [2.75, 3.05) is 36.3 Å². The lowest BCUT2D eigenvalue weighted by atomic mass is 10.0. The van der Waals surface area contributed by atoms with E-state index in [1.165, 1.54) is 32.5 Å². The second-order valence-electron chi connectivity index (χ2n) is 10.7. The molecular formula is C27H47N7O11S2. The van der Waals surface area contributed by atoms with Gasteiger partial charge >= 0.3 is 5.97 Å². The minimum absolute atomic E-state index is 0.0252. The molecular weight excluding hydrogens is 662 g/mol. The van der Waals surface area contributed by atoms with Crippen molar-refractivity contribution in [3.63, 3.8) is 0 Å². The van der Waals surface area contributed by atoms with Crippen LogP contribution in [-0.4, -0.2) is 135 Å². The second kappa shape index (κ2) is 23.0. The first kappa shape index (κ1) is 43.5. The van der Waals surface area contributed by atoms with Gasteiger partial charge in [0.05, 0.1) is 25.1 Å². The Morgan fingerprint density at radius 2 is 1.26 bits per heavy atom. The van der Waals surface area contributed by atoms with Crippen LogP contribution >= 0.6 is 23.5 Å². The Balaban J connectivity index is 5.62. The summed E-state index contributed by atoms with van der Waals surface area (Å²) in [5.41, 5.74) is 5.34. The van der Waals surface area contributed by atoms with Crippen LogP contribution in [-0.2, 0) is 38.4 Å². The van der Waals surface area contributed by atoms with Crippen LogP contribution in [0.1, 0.15) is 41.0 Å². The monoisotopic (exact) mass is 709 g/mol. The van der Waals surface area contributed by atoms with Gasteiger partial charge in [0.1, 0.15) is 36.0 Å². The largest absolute Gasteiger partial charge is 0.480 e. The van der Waals surface area contributed by atoms with E-state index in [1.54, 1.807) is 13.8 Å². The van der Waals surface area contributed by atoms with Crippen molar-refractivity contribution in [3.8, 4) is 0 Å². The third kappa shape index (κ3) is 17.9. The van der Waals surface area contributed by atoms with Gasteiger partial charge in [0.15, 0.2) is 0 Å². The molecule has 47 heavy (non-hydrogen) atoms. The Morgan fingerprint density at radius 3 is 1.74 bits per heavy atom. The maximum atomic E-state index is 13.2. The molecule has 11 N–H and O–H groups in total. The molecule has 0 aliphatic carbocycles. The number of carboxylic acid groups (broad SMARTS) is 1. The van der Waals surface area contributed by atoms with E-state index in [-0.39, 0.29) is 35.5 Å². The molecule has 0 fully saturated rings. The summed E-state index contributed by atoms with van der Waals surface area (Å²) in [6.07, 6.45) is -1.24. The molecule has 0 bridgehead atoms. The van der Waals surface area contributed by atoms with E-state index < -0.39 is 90.9 Å². The fourth-order valence-electron chi connectivity index (χ4n) is 3.52. The molecule has 0 saturated heterocycles. The van der Waals surface area contributed by atoms with Gasteiger partial charge < -0.3 is 53.0 Å². The number of carboxylic acids is 1. The first-order chi connectivity index (χ1) is 21.9. The molecule has 0 saturated carbocycles. The fourth-order valence-corrected chi connectivity index (χ4v) is 5.48. The van der Waals surface area contributed by atoms with Crippen molar-refractivity contribution in [2.45, 2.75) is 77.4 Å². The van der Waals surface area contributed by atoms with Crippen LogP contribution < -0.4 is 37.6 Å². The van der Waals surface area contributed by atoms with Gasteiger partial charge in [-0.15, -0.1) is 11.8 Å². The lowest BCUT2D eigenvalue weighted by Crippen LogP contribution is -2.62. The van der Waals surface area contributed by atoms with Gasteiger partial charge in [-0.25, -0.2) is 4.79 Å². The minimum Gasteiger partial charge on any atom is -0.480 e. The number of aliphatic carboxylic acids is 1. The normalized spacial score (nSPS) is 14.7. The predicted molar refractivity (Wildman–Crippen MR) is 174 cm³/mol. The highest BCUT2D eigenvalue weighted by Gasteiger charge is 2.35. The molecule has 18 nitrogen and oxygen atoms in total. The number of thioether (sulfide) groups is 2. The van der Waals surface area contributed by atoms with Gasteiger partial charge in [-0.1, -0.05) is 13.8 Å². The molecule has 268 valence electrons. The number of nitrogens with one attached hydrogen (secondary N) is 6. The summed E-state index contributed by atoms with van der Waals surface area (Å²) in [6.45, 7) is 5.66. The molecule has 0 unspecified atom stereocenters. The molecule has 0 aromatic heterocycles. The van der Waals surface area contributed by atoms with Crippen LogP contribution in [0.15, 0.2) is 0 Å². The third-order valence-electron chi connectivity index (χ3n) is 6.17. The van der Waals surface area contributed by atoms with Gasteiger partial charge in [0, 0.05) is 30.6 Å². The summed E-state index contributed by atoms with van der Waals surface area (Å²) in [7, 11) is 0. The third-order valence-corrected chi connectivity index (χ3v) is 8.15. The summed E-state index contributed by atoms with van der Waals surface area (Å²) in [6, 6.07) is -7.15. The molecule has 0 aliphatic heterocycles. The Kier molecular flexibility index (Phi) is 21.3. The zero-order valence-electron chi connectivity index (χ0n) is 27.0. The van der Waals surface area contributed by atoms with Gasteiger partial charge in [-0.3, -0.25) is 33.6 Å². The fraction of sp³-hybridized carbons (Fsp3) is 0.704. The maximum absolute atomic E-state index is 13.2. The van der Waals surface area contributed by atoms with E-state index in [9.17, 15) is 53.7 Å². The summed E-state index contributed by atoms with van der Waals surface area (Å²) in [5, 5.41) is 43.6. The van der Waals surface area contributed by atoms with Gasteiger partial charge in [-0.2, -0.15) is 11.8 Å². The number of hydrogen-bond donors (Lipinski definition) is 10. The van der Waals surface area contributed by atoms with Crippen LogP contribution in [0.5, 0.6) is 0 Å². The van der Waals surface area contributed by atoms with Crippen molar-refractivity contribution < 1.29 is 53.7 Å². The number of aliphatic hydroxyl groups excluding tert-OH is 2. The van der Waals surface area contributed by atoms with Gasteiger partial charge in [0.25, 0.3) is 0 Å². The Bertz CT molecular complexity index is 1110. The number of nitrogens with two attached hydrogens (primary N) is 1. The number of hydrogen-bond acceptors (Lipinski definition) is 13. The van der Waals surface area contributed by atoms with E-state index in [4.69, 9.17) is 5.73 Å². The molecule has 20 heteroatoms. The zero-order valence-corrected chi connectivity index (χ0v) is 28.6. The van der Waals surface area contributed by atoms with E-state index >= 15 is 0 Å². The molecule has 0 radical (unpaired) electrons. The van der Waals surface area contributed by atoms with Crippen molar-refractivity contribution in [1.29, 1.82) is 0 Å². The van der Waals surface area contributed by atoms with Crippen molar-refractivity contribution in [3.05, 3.63) is 0 Å². The minimum atomic E-state index is -1.61. The van der Waals surface area contributed by atoms with E-state index in [0.717, 1.165) is 11.8 Å². The first-order valence-corrected chi connectivity index (χ1v) is 16.9. The average Bonchev–Trinajstić information content (AvgIpc) is 2.98. The van der Waals surface area contributed by atoms with Gasteiger partial charge in [-0.05, 0) is 19.8 Å². The molecule has 0 spiro atoms. The molecule has 6 amide bonds. The number of aliphatic hydroxyl groups is 2. The lowest BCUT2D eigenvalue weighted by molar-refractivity contribution is -0.142. The highest BCUT2D eigenvalue weighted by atomic mass is 32.2. The number of ketones is 1. The number of amides is 6. The smallest absolute Gasteiger partial charge is 0.327 e. The van der Waals surface area contributed by atoms with E-state index in [2.05, 4.69) is 31.9 Å². The average molecular weight is 710 g/mol. The van der Waals surface area contributed by atoms with E-state index in [0.29, 0.717) is 5.75 Å². The van der Waals surface area contributed by atoms with E-state index in [1.807, 2.05) is 0 Å². The van der Waals surface area contributed by atoms with Crippen LogP contribution in [0.3, 0.4) is 0 Å². The standard InChI is InChI=1S/C27H47N7O11S2/c1-13(2)21(25(42)31-17(9-35)23(40)32-19(27(44)45)11-47-12-29-16(5)38)33-26(43)22(15(4)37)34-24(41)18(30-20(39)8-28)10-46-7-6-14(3)36/h13,15,17-19,21-22,35,37H,6-12,28H2,1-5H3,(H,29,38)(H,30,39)(H,31,42)(H,32,40)(H,33,43)(H,34,41)(H,44,45)/t15-,17+,18+,19+,21+,22+/m1/s1. The SMILES string of the molecule is CC(=O)CCSC[C@H](NC(=O)CN)C(=O)N[C@H](C(=O)N[C@H](C(=O)N[C@@H](CO)C(=O)N[C@@H](CSCNC(C)=O)C(=O)O)C(C)C)[C@@H](C)O. The number of carbonyl (C=O) groups is 8. The second-order valence-corrected chi connectivity index (χ2v) is 12.9. The number of rotatable bonds is 23.